The molecular weight excluding hydrogens is 235 g/mol. The highest BCUT2D eigenvalue weighted by Crippen LogP contribution is 2.27. The topological polar surface area (TPSA) is 49.4 Å². The Hall–Kier alpha value is -1.91. The monoisotopic (exact) mass is 248 g/mol. The molecule has 2 aliphatic heterocycles. The Bertz CT molecular complexity index is 530. The summed E-state index contributed by atoms with van der Waals surface area (Å²) < 4.78 is 13.1. The Morgan fingerprint density at radius 2 is 2.17 bits per heavy atom. The van der Waals surface area contributed by atoms with Gasteiger partial charge in [-0.1, -0.05) is 0 Å². The van der Waals surface area contributed by atoms with Crippen molar-refractivity contribution in [2.75, 3.05) is 6.54 Å². The summed E-state index contributed by atoms with van der Waals surface area (Å²) >= 11 is 0. The van der Waals surface area contributed by atoms with Crippen LogP contribution in [0, 0.1) is 5.82 Å². The third-order valence-electron chi connectivity index (χ3n) is 3.53. The fourth-order valence-corrected chi connectivity index (χ4v) is 2.62. The number of amides is 2. The molecule has 2 aliphatic rings. The zero-order valence-electron chi connectivity index (χ0n) is 9.78. The molecule has 3 rings (SSSR count). The molecule has 5 heteroatoms. The van der Waals surface area contributed by atoms with Crippen LogP contribution < -0.4 is 5.32 Å². The SMILES string of the molecule is O=C1NCCC[C@@H]1N1Cc2cc(F)ccc2C1=O. The van der Waals surface area contributed by atoms with Crippen LogP contribution in [0.15, 0.2) is 18.2 Å². The third-order valence-corrected chi connectivity index (χ3v) is 3.53. The van der Waals surface area contributed by atoms with Crippen LogP contribution in [0.25, 0.3) is 0 Å². The molecule has 1 fully saturated rings. The number of nitrogens with one attached hydrogen (secondary N) is 1. The lowest BCUT2D eigenvalue weighted by molar-refractivity contribution is -0.127. The van der Waals surface area contributed by atoms with Gasteiger partial charge in [-0.05, 0) is 36.6 Å². The first kappa shape index (κ1) is 11.2. The van der Waals surface area contributed by atoms with E-state index in [-0.39, 0.29) is 17.6 Å². The van der Waals surface area contributed by atoms with Gasteiger partial charge in [0, 0.05) is 18.7 Å². The molecule has 0 saturated carbocycles. The molecule has 0 aliphatic carbocycles. The number of fused-ring (bicyclic) bond motifs is 1. The zero-order valence-corrected chi connectivity index (χ0v) is 9.78. The van der Waals surface area contributed by atoms with Crippen LogP contribution in [0.4, 0.5) is 4.39 Å². The van der Waals surface area contributed by atoms with Crippen molar-refractivity contribution >= 4 is 11.8 Å². The summed E-state index contributed by atoms with van der Waals surface area (Å²) in [4.78, 5) is 25.5. The molecule has 18 heavy (non-hydrogen) atoms. The van der Waals surface area contributed by atoms with Crippen molar-refractivity contribution in [2.24, 2.45) is 0 Å². The second-order valence-corrected chi connectivity index (χ2v) is 4.68. The average Bonchev–Trinajstić information content (AvgIpc) is 2.67. The summed E-state index contributed by atoms with van der Waals surface area (Å²) in [7, 11) is 0. The van der Waals surface area contributed by atoms with Crippen molar-refractivity contribution in [3.63, 3.8) is 0 Å². The smallest absolute Gasteiger partial charge is 0.255 e. The third kappa shape index (κ3) is 1.66. The molecule has 1 atom stereocenters. The number of piperidine rings is 1. The van der Waals surface area contributed by atoms with Gasteiger partial charge in [0.2, 0.25) is 5.91 Å². The molecule has 94 valence electrons. The number of benzene rings is 1. The molecule has 0 bridgehead atoms. The summed E-state index contributed by atoms with van der Waals surface area (Å²) in [5.74, 6) is -0.633. The molecule has 0 spiro atoms. The second kappa shape index (κ2) is 4.08. The van der Waals surface area contributed by atoms with Crippen molar-refractivity contribution in [3.05, 3.63) is 35.1 Å². The summed E-state index contributed by atoms with van der Waals surface area (Å²) in [6.07, 6.45) is 1.54. The predicted octanol–water partition coefficient (Wildman–Crippen LogP) is 1.06. The highest BCUT2D eigenvalue weighted by molar-refractivity contribution is 6.01. The van der Waals surface area contributed by atoms with E-state index in [4.69, 9.17) is 0 Å². The van der Waals surface area contributed by atoms with Gasteiger partial charge in [0.15, 0.2) is 0 Å². The minimum Gasteiger partial charge on any atom is -0.354 e. The maximum atomic E-state index is 13.1. The van der Waals surface area contributed by atoms with Crippen LogP contribution in [0.3, 0.4) is 0 Å². The van der Waals surface area contributed by atoms with Gasteiger partial charge in [-0.2, -0.15) is 0 Å². The second-order valence-electron chi connectivity index (χ2n) is 4.68. The number of halogens is 1. The van der Waals surface area contributed by atoms with Gasteiger partial charge in [-0.3, -0.25) is 9.59 Å². The van der Waals surface area contributed by atoms with E-state index in [9.17, 15) is 14.0 Å². The Balaban J connectivity index is 1.89. The fourth-order valence-electron chi connectivity index (χ4n) is 2.62. The van der Waals surface area contributed by atoms with Gasteiger partial charge in [-0.25, -0.2) is 4.39 Å². The highest BCUT2D eigenvalue weighted by Gasteiger charge is 2.37. The van der Waals surface area contributed by atoms with E-state index in [1.165, 1.54) is 18.2 Å². The number of carbonyl (C=O) groups is 2. The van der Waals surface area contributed by atoms with Crippen molar-refractivity contribution in [3.8, 4) is 0 Å². The maximum absolute atomic E-state index is 13.1. The van der Waals surface area contributed by atoms with E-state index in [2.05, 4.69) is 5.32 Å². The molecule has 0 aromatic heterocycles. The fraction of sp³-hybridized carbons (Fsp3) is 0.385. The van der Waals surface area contributed by atoms with Crippen LogP contribution in [0.1, 0.15) is 28.8 Å². The Labute approximate surface area is 104 Å². The average molecular weight is 248 g/mol. The van der Waals surface area contributed by atoms with E-state index in [0.717, 1.165) is 6.42 Å². The molecule has 1 saturated heterocycles. The summed E-state index contributed by atoms with van der Waals surface area (Å²) in [6, 6.07) is 3.73. The number of rotatable bonds is 1. The number of nitrogens with zero attached hydrogens (tertiary/aromatic N) is 1. The van der Waals surface area contributed by atoms with Crippen molar-refractivity contribution in [1.29, 1.82) is 0 Å². The van der Waals surface area contributed by atoms with E-state index < -0.39 is 6.04 Å². The van der Waals surface area contributed by atoms with Crippen LogP contribution in [-0.2, 0) is 11.3 Å². The predicted molar refractivity (Wildman–Crippen MR) is 62.3 cm³/mol. The van der Waals surface area contributed by atoms with E-state index >= 15 is 0 Å². The quantitative estimate of drug-likeness (QED) is 0.808. The summed E-state index contributed by atoms with van der Waals surface area (Å²) in [5, 5.41) is 2.76. The van der Waals surface area contributed by atoms with Gasteiger partial charge < -0.3 is 10.2 Å². The first-order valence-electron chi connectivity index (χ1n) is 6.04. The van der Waals surface area contributed by atoms with Crippen molar-refractivity contribution in [2.45, 2.75) is 25.4 Å². The standard InChI is InChI=1S/C13H13FN2O2/c14-9-3-4-10-8(6-9)7-16(13(10)18)11-2-1-5-15-12(11)17/h3-4,6,11H,1-2,5,7H2,(H,15,17)/t11-/m0/s1. The minimum atomic E-state index is -0.415. The largest absolute Gasteiger partial charge is 0.354 e. The number of hydrogen-bond donors (Lipinski definition) is 1. The highest BCUT2D eigenvalue weighted by atomic mass is 19.1. The first-order chi connectivity index (χ1) is 8.66. The lowest BCUT2D eigenvalue weighted by atomic mass is 10.1. The molecule has 2 amide bonds. The molecule has 2 heterocycles. The molecular formula is C13H13FN2O2. The van der Waals surface area contributed by atoms with E-state index in [1.807, 2.05) is 0 Å². The van der Waals surface area contributed by atoms with Crippen LogP contribution in [0.2, 0.25) is 0 Å². The normalized spacial score (nSPS) is 22.9. The van der Waals surface area contributed by atoms with Crippen LogP contribution >= 0.6 is 0 Å². The Kier molecular flexibility index (Phi) is 2.54. The van der Waals surface area contributed by atoms with Gasteiger partial charge in [0.05, 0.1) is 0 Å². The first-order valence-corrected chi connectivity index (χ1v) is 6.04. The Morgan fingerprint density at radius 1 is 1.33 bits per heavy atom. The Morgan fingerprint density at radius 3 is 2.94 bits per heavy atom. The molecule has 1 aromatic carbocycles. The van der Waals surface area contributed by atoms with Gasteiger partial charge >= 0.3 is 0 Å². The maximum Gasteiger partial charge on any atom is 0.255 e. The van der Waals surface area contributed by atoms with Crippen molar-refractivity contribution in [1.82, 2.24) is 10.2 Å². The lowest BCUT2D eigenvalue weighted by Gasteiger charge is -2.30. The zero-order chi connectivity index (χ0) is 12.7. The number of carbonyl (C=O) groups excluding carboxylic acids is 2. The van der Waals surface area contributed by atoms with Gasteiger partial charge in [0.1, 0.15) is 11.9 Å². The van der Waals surface area contributed by atoms with Crippen molar-refractivity contribution < 1.29 is 14.0 Å². The molecule has 1 aromatic rings. The molecule has 0 radical (unpaired) electrons. The van der Waals surface area contributed by atoms with Crippen LogP contribution in [0.5, 0.6) is 0 Å². The van der Waals surface area contributed by atoms with E-state index in [1.54, 1.807) is 4.90 Å². The molecule has 4 nitrogen and oxygen atoms in total. The van der Waals surface area contributed by atoms with Gasteiger partial charge in [-0.15, -0.1) is 0 Å². The van der Waals surface area contributed by atoms with Gasteiger partial charge in [0.25, 0.3) is 5.91 Å². The minimum absolute atomic E-state index is 0.108. The lowest BCUT2D eigenvalue weighted by Crippen LogP contribution is -2.50. The molecule has 0 unspecified atom stereocenters. The van der Waals surface area contributed by atoms with Crippen LogP contribution in [-0.4, -0.2) is 29.3 Å². The number of hydrogen-bond acceptors (Lipinski definition) is 2. The molecule has 1 N–H and O–H groups in total. The van der Waals surface area contributed by atoms with E-state index in [0.29, 0.717) is 30.6 Å². The summed E-state index contributed by atoms with van der Waals surface area (Å²) in [5.41, 5.74) is 1.17. The summed E-state index contributed by atoms with van der Waals surface area (Å²) in [6.45, 7) is 0.989.